The van der Waals surface area contributed by atoms with E-state index in [4.69, 9.17) is 6.57 Å². The van der Waals surface area contributed by atoms with Crippen LogP contribution < -0.4 is 9.62 Å². The Balaban J connectivity index is 1.40. The molecule has 3 aliphatic rings. The minimum absolute atomic E-state index is 0.0426. The maximum atomic E-state index is 13.4. The Kier molecular flexibility index (Phi) is 5.76. The Morgan fingerprint density at radius 2 is 1.87 bits per heavy atom. The number of hydrogen-bond acceptors (Lipinski definition) is 8. The van der Waals surface area contributed by atoms with Crippen molar-refractivity contribution in [2.45, 2.75) is 43.7 Å². The standard InChI is InChI=1S/C24H26F2N8O3S2/c1-13(2)22(35)34-11-23(12-34)9-33(10-23)16-8-14(39(36,37)31-24(27-3)5-6-24)7-15-17(30-32(4)18(15)16)20-28-29-21(38-20)19(25)26/h7-8,13,19,31H,5-6,9-12H2,1-2,4H3. The normalized spacial score (nSPS) is 19.4. The molecule has 1 saturated carbocycles. The average molecular weight is 577 g/mol. The smallest absolute Gasteiger partial charge is 0.299 e. The molecule has 0 bridgehead atoms. The number of likely N-dealkylation sites (tertiary alicyclic amines) is 1. The van der Waals surface area contributed by atoms with Crippen LogP contribution in [-0.4, -0.2) is 71.0 Å². The molecule has 0 atom stereocenters. The summed E-state index contributed by atoms with van der Waals surface area (Å²) in [7, 11) is -2.37. The van der Waals surface area contributed by atoms with Crippen LogP contribution in [0.4, 0.5) is 14.5 Å². The summed E-state index contributed by atoms with van der Waals surface area (Å²) >= 11 is 0.707. The third-order valence-electron chi connectivity index (χ3n) is 7.55. The number of anilines is 1. The van der Waals surface area contributed by atoms with Crippen LogP contribution in [0.15, 0.2) is 17.0 Å². The zero-order valence-corrected chi connectivity index (χ0v) is 23.1. The van der Waals surface area contributed by atoms with Gasteiger partial charge < -0.3 is 9.80 Å². The molecule has 39 heavy (non-hydrogen) atoms. The van der Waals surface area contributed by atoms with Gasteiger partial charge in [-0.3, -0.25) is 14.3 Å². The van der Waals surface area contributed by atoms with Crippen molar-refractivity contribution in [3.8, 4) is 10.7 Å². The first-order chi connectivity index (χ1) is 18.4. The van der Waals surface area contributed by atoms with Gasteiger partial charge in [0.15, 0.2) is 10.0 Å². The van der Waals surface area contributed by atoms with Crippen LogP contribution in [0.2, 0.25) is 0 Å². The van der Waals surface area contributed by atoms with Gasteiger partial charge in [0.25, 0.3) is 12.1 Å². The minimum Gasteiger partial charge on any atom is -0.368 e. The Hall–Kier alpha value is -3.22. The summed E-state index contributed by atoms with van der Waals surface area (Å²) in [6.45, 7) is 13.7. The molecular weight excluding hydrogens is 550 g/mol. The lowest BCUT2D eigenvalue weighted by Crippen LogP contribution is -2.73. The zero-order chi connectivity index (χ0) is 27.9. The molecule has 0 radical (unpaired) electrons. The van der Waals surface area contributed by atoms with Crippen LogP contribution in [-0.2, 0) is 21.9 Å². The number of nitrogens with zero attached hydrogens (tertiary/aromatic N) is 7. The Morgan fingerprint density at radius 1 is 1.18 bits per heavy atom. The van der Waals surface area contributed by atoms with E-state index in [0.717, 1.165) is 0 Å². The van der Waals surface area contributed by atoms with Crippen LogP contribution in [0, 0.1) is 17.9 Å². The summed E-state index contributed by atoms with van der Waals surface area (Å²) < 4.78 is 57.4. The molecule has 1 aromatic carbocycles. The van der Waals surface area contributed by atoms with Crippen molar-refractivity contribution in [2.24, 2.45) is 18.4 Å². The summed E-state index contributed by atoms with van der Waals surface area (Å²) in [6, 6.07) is 3.03. The maximum Gasteiger partial charge on any atom is 0.299 e. The van der Waals surface area contributed by atoms with E-state index in [1.165, 1.54) is 6.07 Å². The van der Waals surface area contributed by atoms with Gasteiger partial charge in [0.2, 0.25) is 15.9 Å². The highest BCUT2D eigenvalue weighted by atomic mass is 32.2. The highest BCUT2D eigenvalue weighted by Crippen LogP contribution is 2.46. The average Bonchev–Trinajstić information content (AvgIpc) is 3.26. The van der Waals surface area contributed by atoms with Gasteiger partial charge >= 0.3 is 0 Å². The SMILES string of the molecule is [C-]#[N+]C1(NS(=O)(=O)c2cc(N3CC4(CN(C(=O)C(C)C)C4)C3)c3c(c2)c(-c2nnc(C(F)F)s2)nn3C)CC1. The number of fused-ring (bicyclic) bond motifs is 1. The van der Waals surface area contributed by atoms with E-state index in [-0.39, 0.29) is 32.8 Å². The Labute approximate surface area is 227 Å². The molecule has 1 amide bonds. The van der Waals surface area contributed by atoms with E-state index in [1.54, 1.807) is 17.8 Å². The van der Waals surface area contributed by atoms with Crippen molar-refractivity contribution in [3.63, 3.8) is 0 Å². The number of rotatable bonds is 7. The first-order valence-electron chi connectivity index (χ1n) is 12.4. The molecule has 1 aliphatic carbocycles. The van der Waals surface area contributed by atoms with Crippen molar-refractivity contribution in [1.82, 2.24) is 29.6 Å². The minimum atomic E-state index is -4.08. The highest BCUT2D eigenvalue weighted by Gasteiger charge is 2.55. The first kappa shape index (κ1) is 26.0. The molecule has 6 rings (SSSR count). The number of alkyl halides is 2. The fourth-order valence-corrected chi connectivity index (χ4v) is 7.53. The number of benzene rings is 1. The van der Waals surface area contributed by atoms with Crippen molar-refractivity contribution in [1.29, 1.82) is 0 Å². The lowest BCUT2D eigenvalue weighted by molar-refractivity contribution is -0.148. The number of amides is 1. The molecule has 4 heterocycles. The third-order valence-corrected chi connectivity index (χ3v) is 9.99. The summed E-state index contributed by atoms with van der Waals surface area (Å²) in [5.74, 6) is 0.0440. The van der Waals surface area contributed by atoms with E-state index in [2.05, 4.69) is 29.8 Å². The van der Waals surface area contributed by atoms with Gasteiger partial charge in [-0.15, -0.1) is 14.9 Å². The number of hydrogen-bond donors (Lipinski definition) is 1. The van der Waals surface area contributed by atoms with Crippen LogP contribution >= 0.6 is 11.3 Å². The molecule has 1 N–H and O–H groups in total. The summed E-state index contributed by atoms with van der Waals surface area (Å²) in [4.78, 5) is 19.7. The molecular formula is C24H26F2N8O3S2. The van der Waals surface area contributed by atoms with Crippen molar-refractivity contribution in [2.75, 3.05) is 31.1 Å². The number of carbonyl (C=O) groups excluding carboxylic acids is 1. The van der Waals surface area contributed by atoms with Crippen molar-refractivity contribution >= 4 is 43.9 Å². The molecule has 206 valence electrons. The summed E-state index contributed by atoms with van der Waals surface area (Å²) in [5.41, 5.74) is 0.331. The number of aryl methyl sites for hydroxylation is 1. The van der Waals surface area contributed by atoms with E-state index >= 15 is 0 Å². The lowest BCUT2D eigenvalue weighted by Gasteiger charge is -2.61. The lowest BCUT2D eigenvalue weighted by atomic mass is 9.72. The number of halogens is 2. The van der Waals surface area contributed by atoms with Gasteiger partial charge in [0.1, 0.15) is 5.69 Å². The second-order valence-electron chi connectivity index (χ2n) is 11.0. The molecule has 15 heteroatoms. The molecule has 2 saturated heterocycles. The summed E-state index contributed by atoms with van der Waals surface area (Å²) in [5, 5.41) is 12.1. The van der Waals surface area contributed by atoms with Crippen LogP contribution in [0.3, 0.4) is 0 Å². The van der Waals surface area contributed by atoms with Gasteiger partial charge in [0, 0.05) is 49.9 Å². The zero-order valence-electron chi connectivity index (χ0n) is 21.5. The van der Waals surface area contributed by atoms with E-state index in [1.807, 2.05) is 18.7 Å². The summed E-state index contributed by atoms with van der Waals surface area (Å²) in [6.07, 6.45) is -1.92. The molecule has 3 aromatic rings. The highest BCUT2D eigenvalue weighted by molar-refractivity contribution is 7.89. The number of sulfonamides is 1. The topological polar surface area (TPSA) is 118 Å². The number of nitrogens with one attached hydrogen (secondary N) is 1. The maximum absolute atomic E-state index is 13.4. The van der Waals surface area contributed by atoms with Gasteiger partial charge in [-0.05, 0) is 12.1 Å². The van der Waals surface area contributed by atoms with E-state index < -0.39 is 27.1 Å². The van der Waals surface area contributed by atoms with Crippen molar-refractivity contribution < 1.29 is 22.0 Å². The van der Waals surface area contributed by atoms with E-state index in [0.29, 0.717) is 66.9 Å². The van der Waals surface area contributed by atoms with Gasteiger partial charge in [-0.1, -0.05) is 25.2 Å². The molecule has 2 aromatic heterocycles. The molecule has 11 nitrogen and oxygen atoms in total. The van der Waals surface area contributed by atoms with Crippen LogP contribution in [0.1, 0.15) is 38.1 Å². The van der Waals surface area contributed by atoms with Crippen LogP contribution in [0.25, 0.3) is 26.4 Å². The Bertz CT molecular complexity index is 1640. The largest absolute Gasteiger partial charge is 0.368 e. The molecule has 0 unspecified atom stereocenters. The fraction of sp³-hybridized carbons (Fsp3) is 0.542. The van der Waals surface area contributed by atoms with Gasteiger partial charge in [0.05, 0.1) is 28.9 Å². The number of aromatic nitrogens is 4. The number of carbonyl (C=O) groups is 1. The van der Waals surface area contributed by atoms with E-state index in [9.17, 15) is 22.0 Å². The second kappa shape index (κ2) is 8.64. The van der Waals surface area contributed by atoms with Gasteiger partial charge in [-0.25, -0.2) is 23.8 Å². The van der Waals surface area contributed by atoms with Crippen LogP contribution in [0.5, 0.6) is 0 Å². The first-order valence-corrected chi connectivity index (χ1v) is 14.7. The third kappa shape index (κ3) is 4.25. The Morgan fingerprint density at radius 3 is 2.44 bits per heavy atom. The monoisotopic (exact) mass is 576 g/mol. The fourth-order valence-electron chi connectivity index (χ4n) is 5.42. The molecule has 3 fully saturated rings. The predicted molar refractivity (Wildman–Crippen MR) is 140 cm³/mol. The quantitative estimate of drug-likeness (QED) is 0.430. The predicted octanol–water partition coefficient (Wildman–Crippen LogP) is 3.02. The van der Waals surface area contributed by atoms with Crippen molar-refractivity contribution in [3.05, 3.63) is 28.6 Å². The molecule has 1 spiro atoms. The molecule has 2 aliphatic heterocycles. The second-order valence-corrected chi connectivity index (χ2v) is 13.7. The van der Waals surface area contributed by atoms with Gasteiger partial charge in [-0.2, -0.15) is 5.10 Å².